The topological polar surface area (TPSA) is 52.5 Å². The first-order valence-corrected chi connectivity index (χ1v) is 5.70. The number of benzene rings is 1. The van der Waals surface area contributed by atoms with Gasteiger partial charge in [-0.1, -0.05) is 28.1 Å². The summed E-state index contributed by atoms with van der Waals surface area (Å²) in [6, 6.07) is 7.34. The van der Waals surface area contributed by atoms with Gasteiger partial charge < -0.3 is 15.5 Å². The van der Waals surface area contributed by atoms with E-state index in [0.29, 0.717) is 13.0 Å². The lowest BCUT2D eigenvalue weighted by atomic mass is 10.0. The fourth-order valence-corrected chi connectivity index (χ4v) is 1.78. The van der Waals surface area contributed by atoms with Crippen molar-refractivity contribution in [3.8, 4) is 0 Å². The van der Waals surface area contributed by atoms with Gasteiger partial charge in [0.2, 0.25) is 0 Å². The molecule has 1 aromatic carbocycles. The van der Waals surface area contributed by atoms with Crippen LogP contribution in [0.25, 0.3) is 0 Å². The van der Waals surface area contributed by atoms with Crippen molar-refractivity contribution in [2.75, 3.05) is 13.6 Å². The van der Waals surface area contributed by atoms with Crippen LogP contribution in [0.4, 0.5) is 0 Å². The zero-order valence-electron chi connectivity index (χ0n) is 8.65. The molecule has 0 fully saturated rings. The Bertz CT molecular complexity index is 306. The van der Waals surface area contributed by atoms with Gasteiger partial charge in [-0.3, -0.25) is 0 Å². The average molecular weight is 274 g/mol. The standard InChI is InChI=1S/C11H16BrNO2/c1-13-6-5-10(14)11(15)8-3-2-4-9(12)7-8/h2-4,7,10-11,13-15H,5-6H2,1H3. The molecule has 0 bridgehead atoms. The van der Waals surface area contributed by atoms with Crippen LogP contribution in [0.3, 0.4) is 0 Å². The number of aliphatic hydroxyl groups is 2. The molecule has 3 N–H and O–H groups in total. The van der Waals surface area contributed by atoms with Crippen molar-refractivity contribution in [2.45, 2.75) is 18.6 Å². The second kappa shape index (κ2) is 6.23. The van der Waals surface area contributed by atoms with Gasteiger partial charge in [0.25, 0.3) is 0 Å². The molecule has 4 heteroatoms. The van der Waals surface area contributed by atoms with Gasteiger partial charge in [0.1, 0.15) is 6.10 Å². The minimum atomic E-state index is -0.823. The summed E-state index contributed by atoms with van der Waals surface area (Å²) in [4.78, 5) is 0. The van der Waals surface area contributed by atoms with E-state index in [0.717, 1.165) is 10.0 Å². The third-order valence-corrected chi connectivity index (χ3v) is 2.74. The van der Waals surface area contributed by atoms with Gasteiger partial charge in [-0.2, -0.15) is 0 Å². The Morgan fingerprint density at radius 3 is 2.73 bits per heavy atom. The highest BCUT2D eigenvalue weighted by atomic mass is 79.9. The molecule has 1 rings (SSSR count). The van der Waals surface area contributed by atoms with Crippen molar-refractivity contribution in [1.82, 2.24) is 5.32 Å². The molecule has 0 spiro atoms. The molecule has 0 amide bonds. The molecule has 0 heterocycles. The first-order chi connectivity index (χ1) is 7.15. The van der Waals surface area contributed by atoms with E-state index in [-0.39, 0.29) is 0 Å². The van der Waals surface area contributed by atoms with E-state index in [2.05, 4.69) is 21.2 Å². The van der Waals surface area contributed by atoms with E-state index < -0.39 is 12.2 Å². The lowest BCUT2D eigenvalue weighted by Gasteiger charge is -2.18. The first-order valence-electron chi connectivity index (χ1n) is 4.91. The molecule has 0 saturated heterocycles. The largest absolute Gasteiger partial charge is 0.390 e. The molecule has 0 radical (unpaired) electrons. The van der Waals surface area contributed by atoms with Gasteiger partial charge in [0.15, 0.2) is 0 Å². The Labute approximate surface area is 98.3 Å². The van der Waals surface area contributed by atoms with Crippen LogP contribution < -0.4 is 5.32 Å². The summed E-state index contributed by atoms with van der Waals surface area (Å²) in [5.74, 6) is 0. The van der Waals surface area contributed by atoms with Crippen molar-refractivity contribution in [3.63, 3.8) is 0 Å². The third-order valence-electron chi connectivity index (χ3n) is 2.24. The monoisotopic (exact) mass is 273 g/mol. The van der Waals surface area contributed by atoms with Crippen molar-refractivity contribution in [3.05, 3.63) is 34.3 Å². The maximum Gasteiger partial charge on any atom is 0.105 e. The predicted octanol–water partition coefficient (Wildman–Crippen LogP) is 1.45. The highest BCUT2D eigenvalue weighted by molar-refractivity contribution is 9.10. The van der Waals surface area contributed by atoms with E-state index in [1.54, 1.807) is 6.07 Å². The number of aliphatic hydroxyl groups excluding tert-OH is 2. The smallest absolute Gasteiger partial charge is 0.105 e. The molecule has 1 aromatic rings. The predicted molar refractivity (Wildman–Crippen MR) is 63.7 cm³/mol. The van der Waals surface area contributed by atoms with Crippen LogP contribution in [-0.2, 0) is 0 Å². The highest BCUT2D eigenvalue weighted by Gasteiger charge is 2.17. The van der Waals surface area contributed by atoms with Crippen molar-refractivity contribution in [1.29, 1.82) is 0 Å². The van der Waals surface area contributed by atoms with Crippen LogP contribution in [0, 0.1) is 0 Å². The summed E-state index contributed by atoms with van der Waals surface area (Å²) in [5, 5.41) is 22.5. The van der Waals surface area contributed by atoms with Gasteiger partial charge in [0, 0.05) is 4.47 Å². The summed E-state index contributed by atoms with van der Waals surface area (Å²) in [6.45, 7) is 0.687. The maximum atomic E-state index is 9.84. The van der Waals surface area contributed by atoms with Gasteiger partial charge in [-0.15, -0.1) is 0 Å². The highest BCUT2D eigenvalue weighted by Crippen LogP contribution is 2.21. The zero-order chi connectivity index (χ0) is 11.3. The lowest BCUT2D eigenvalue weighted by Crippen LogP contribution is -2.23. The first kappa shape index (κ1) is 12.6. The molecule has 15 heavy (non-hydrogen) atoms. The summed E-state index contributed by atoms with van der Waals surface area (Å²) >= 11 is 3.33. The molecular formula is C11H16BrNO2. The average Bonchev–Trinajstić information content (AvgIpc) is 2.24. The number of halogens is 1. The zero-order valence-corrected chi connectivity index (χ0v) is 10.2. The summed E-state index contributed by atoms with van der Waals surface area (Å²) < 4.78 is 0.903. The molecule has 0 aromatic heterocycles. The quantitative estimate of drug-likeness (QED) is 0.761. The van der Waals surface area contributed by atoms with Crippen LogP contribution in [-0.4, -0.2) is 29.9 Å². The molecule has 3 nitrogen and oxygen atoms in total. The molecular weight excluding hydrogens is 258 g/mol. The normalized spacial score (nSPS) is 14.9. The van der Waals surface area contributed by atoms with E-state index >= 15 is 0 Å². The van der Waals surface area contributed by atoms with Gasteiger partial charge in [0.05, 0.1) is 6.10 Å². The van der Waals surface area contributed by atoms with E-state index in [1.165, 1.54) is 0 Å². The maximum absolute atomic E-state index is 9.84. The van der Waals surface area contributed by atoms with E-state index in [4.69, 9.17) is 0 Å². The Morgan fingerprint density at radius 2 is 2.13 bits per heavy atom. The molecule has 0 aliphatic heterocycles. The van der Waals surface area contributed by atoms with Crippen LogP contribution in [0.15, 0.2) is 28.7 Å². The number of hydrogen-bond donors (Lipinski definition) is 3. The summed E-state index contributed by atoms with van der Waals surface area (Å²) in [6.07, 6.45) is -1.02. The Kier molecular flexibility index (Phi) is 5.25. The minimum absolute atomic E-state index is 0.532. The molecule has 0 saturated carbocycles. The Balaban J connectivity index is 2.62. The lowest BCUT2D eigenvalue weighted by molar-refractivity contribution is 0.0140. The summed E-state index contributed by atoms with van der Waals surface area (Å²) in [7, 11) is 1.82. The van der Waals surface area contributed by atoms with E-state index in [9.17, 15) is 10.2 Å². The Morgan fingerprint density at radius 1 is 1.40 bits per heavy atom. The van der Waals surface area contributed by atoms with Crippen LogP contribution in [0.2, 0.25) is 0 Å². The van der Waals surface area contributed by atoms with Gasteiger partial charge in [-0.05, 0) is 37.7 Å². The molecule has 2 atom stereocenters. The van der Waals surface area contributed by atoms with E-state index in [1.807, 2.05) is 25.2 Å². The molecule has 0 aliphatic rings. The second-order valence-corrected chi connectivity index (χ2v) is 4.38. The number of nitrogens with one attached hydrogen (secondary N) is 1. The van der Waals surface area contributed by atoms with Crippen LogP contribution in [0.5, 0.6) is 0 Å². The van der Waals surface area contributed by atoms with Crippen molar-refractivity contribution < 1.29 is 10.2 Å². The van der Waals surface area contributed by atoms with Crippen molar-refractivity contribution >= 4 is 15.9 Å². The summed E-state index contributed by atoms with van der Waals surface area (Å²) in [5.41, 5.74) is 0.730. The van der Waals surface area contributed by atoms with Crippen LogP contribution in [0.1, 0.15) is 18.1 Å². The molecule has 0 aliphatic carbocycles. The van der Waals surface area contributed by atoms with Crippen LogP contribution >= 0.6 is 15.9 Å². The molecule has 2 unspecified atom stereocenters. The minimum Gasteiger partial charge on any atom is -0.390 e. The number of hydrogen-bond acceptors (Lipinski definition) is 3. The third kappa shape index (κ3) is 3.91. The fraction of sp³-hybridized carbons (Fsp3) is 0.455. The Hall–Kier alpha value is -0.420. The number of rotatable bonds is 5. The van der Waals surface area contributed by atoms with Crippen molar-refractivity contribution in [2.24, 2.45) is 0 Å². The van der Waals surface area contributed by atoms with Gasteiger partial charge in [-0.25, -0.2) is 0 Å². The SMILES string of the molecule is CNCCC(O)C(O)c1cccc(Br)c1. The molecule has 84 valence electrons. The fourth-order valence-electron chi connectivity index (χ4n) is 1.36. The second-order valence-electron chi connectivity index (χ2n) is 3.46. The van der Waals surface area contributed by atoms with Gasteiger partial charge >= 0.3 is 0 Å².